The maximum Gasteiger partial charge on any atom is 0.255 e. The van der Waals surface area contributed by atoms with Crippen molar-refractivity contribution in [3.63, 3.8) is 0 Å². The molecule has 0 radical (unpaired) electrons. The summed E-state index contributed by atoms with van der Waals surface area (Å²) in [6.07, 6.45) is 0. The van der Waals surface area contributed by atoms with Crippen molar-refractivity contribution < 1.29 is 18.4 Å². The number of aryl methyl sites for hydroxylation is 2. The number of nitrogens with zero attached hydrogens (tertiary/aromatic N) is 1. The van der Waals surface area contributed by atoms with Crippen LogP contribution in [0.1, 0.15) is 27.4 Å². The summed E-state index contributed by atoms with van der Waals surface area (Å²) in [5.74, 6) is 0.192. The molecule has 0 aliphatic heterocycles. The lowest BCUT2D eigenvalue weighted by Gasteiger charge is -2.17. The molecule has 122 valence electrons. The zero-order chi connectivity index (χ0) is 17.0. The second kappa shape index (κ2) is 7.09. The monoisotopic (exact) mass is 318 g/mol. The van der Waals surface area contributed by atoms with Gasteiger partial charge in [-0.1, -0.05) is 12.1 Å². The van der Waals surface area contributed by atoms with Crippen molar-refractivity contribution >= 4 is 11.8 Å². The van der Waals surface area contributed by atoms with Crippen LogP contribution in [0.15, 0.2) is 34.7 Å². The van der Waals surface area contributed by atoms with E-state index < -0.39 is 0 Å². The number of nitrogens with one attached hydrogen (secondary N) is 1. The van der Waals surface area contributed by atoms with E-state index in [9.17, 15) is 14.0 Å². The van der Waals surface area contributed by atoms with Crippen molar-refractivity contribution in [3.05, 3.63) is 58.8 Å². The van der Waals surface area contributed by atoms with E-state index in [1.54, 1.807) is 39.1 Å². The molecular weight excluding hydrogens is 299 g/mol. The Hall–Kier alpha value is -2.63. The van der Waals surface area contributed by atoms with Gasteiger partial charge in [0.1, 0.15) is 17.3 Å². The van der Waals surface area contributed by atoms with Crippen LogP contribution in [0.4, 0.5) is 4.39 Å². The van der Waals surface area contributed by atoms with E-state index in [0.29, 0.717) is 22.6 Å². The quantitative estimate of drug-likeness (QED) is 0.921. The zero-order valence-corrected chi connectivity index (χ0v) is 13.4. The smallest absolute Gasteiger partial charge is 0.255 e. The number of hydrogen-bond acceptors (Lipinski definition) is 3. The Bertz CT molecular complexity index is 724. The van der Waals surface area contributed by atoms with Crippen molar-refractivity contribution in [2.45, 2.75) is 20.4 Å². The number of amides is 2. The van der Waals surface area contributed by atoms with Gasteiger partial charge in [-0.2, -0.15) is 0 Å². The Labute approximate surface area is 134 Å². The molecular formula is C17H19FN2O3. The van der Waals surface area contributed by atoms with Crippen molar-refractivity contribution in [1.82, 2.24) is 10.2 Å². The molecule has 1 heterocycles. The van der Waals surface area contributed by atoms with Gasteiger partial charge in [-0.25, -0.2) is 4.39 Å². The SMILES string of the molecule is Cc1cc(C(=O)NCC(=O)N(C)Cc2cccc(F)c2)c(C)o1. The van der Waals surface area contributed by atoms with Gasteiger partial charge in [0.2, 0.25) is 5.91 Å². The third kappa shape index (κ3) is 4.42. The number of likely N-dealkylation sites (N-methyl/N-ethyl adjacent to an activating group) is 1. The van der Waals surface area contributed by atoms with Crippen LogP contribution in [0.5, 0.6) is 0 Å². The largest absolute Gasteiger partial charge is 0.466 e. The van der Waals surface area contributed by atoms with Crippen LogP contribution in [0.2, 0.25) is 0 Å². The van der Waals surface area contributed by atoms with Gasteiger partial charge >= 0.3 is 0 Å². The molecule has 0 atom stereocenters. The third-order valence-corrected chi connectivity index (χ3v) is 3.42. The van der Waals surface area contributed by atoms with Crippen molar-refractivity contribution in [3.8, 4) is 0 Å². The molecule has 2 rings (SSSR count). The molecule has 1 N–H and O–H groups in total. The van der Waals surface area contributed by atoms with Gasteiger partial charge in [0, 0.05) is 13.6 Å². The molecule has 2 aromatic rings. The number of carbonyl (C=O) groups is 2. The lowest BCUT2D eigenvalue weighted by atomic mass is 10.2. The number of carbonyl (C=O) groups excluding carboxylic acids is 2. The molecule has 0 bridgehead atoms. The second-order valence-electron chi connectivity index (χ2n) is 5.39. The number of halogens is 1. The van der Waals surface area contributed by atoms with Crippen molar-refractivity contribution in [2.75, 3.05) is 13.6 Å². The maximum absolute atomic E-state index is 13.1. The molecule has 5 nitrogen and oxygen atoms in total. The van der Waals surface area contributed by atoms with E-state index in [-0.39, 0.29) is 30.7 Å². The Morgan fingerprint density at radius 1 is 1.26 bits per heavy atom. The minimum Gasteiger partial charge on any atom is -0.466 e. The number of hydrogen-bond donors (Lipinski definition) is 1. The first-order valence-electron chi connectivity index (χ1n) is 7.20. The molecule has 0 unspecified atom stereocenters. The molecule has 0 fully saturated rings. The lowest BCUT2D eigenvalue weighted by molar-refractivity contribution is -0.129. The zero-order valence-electron chi connectivity index (χ0n) is 13.4. The molecule has 6 heteroatoms. The highest BCUT2D eigenvalue weighted by molar-refractivity contribution is 5.97. The normalized spacial score (nSPS) is 10.4. The molecule has 0 aliphatic carbocycles. The van der Waals surface area contributed by atoms with E-state index in [4.69, 9.17) is 4.42 Å². The van der Waals surface area contributed by atoms with Crippen LogP contribution in [0, 0.1) is 19.7 Å². The first kappa shape index (κ1) is 16.7. The second-order valence-corrected chi connectivity index (χ2v) is 5.39. The molecule has 1 aromatic carbocycles. The fourth-order valence-electron chi connectivity index (χ4n) is 2.24. The van der Waals surface area contributed by atoms with E-state index in [1.165, 1.54) is 17.0 Å². The highest BCUT2D eigenvalue weighted by atomic mass is 19.1. The van der Waals surface area contributed by atoms with Gasteiger partial charge in [-0.15, -0.1) is 0 Å². The molecule has 23 heavy (non-hydrogen) atoms. The molecule has 0 aliphatic rings. The number of rotatable bonds is 5. The highest BCUT2D eigenvalue weighted by Gasteiger charge is 2.16. The molecule has 0 saturated carbocycles. The average Bonchev–Trinajstić information content (AvgIpc) is 2.83. The minimum absolute atomic E-state index is 0.131. The first-order chi connectivity index (χ1) is 10.9. The Kier molecular flexibility index (Phi) is 5.16. The summed E-state index contributed by atoms with van der Waals surface area (Å²) in [4.78, 5) is 25.5. The summed E-state index contributed by atoms with van der Waals surface area (Å²) >= 11 is 0. The summed E-state index contributed by atoms with van der Waals surface area (Å²) in [5.41, 5.74) is 1.11. The third-order valence-electron chi connectivity index (χ3n) is 3.42. The van der Waals surface area contributed by atoms with Crippen LogP contribution in [0.25, 0.3) is 0 Å². The Morgan fingerprint density at radius 2 is 2.00 bits per heavy atom. The summed E-state index contributed by atoms with van der Waals surface area (Å²) in [6, 6.07) is 7.68. The molecule has 1 aromatic heterocycles. The van der Waals surface area contributed by atoms with Crippen molar-refractivity contribution in [1.29, 1.82) is 0 Å². The summed E-state index contributed by atoms with van der Waals surface area (Å²) in [5, 5.41) is 2.57. The van der Waals surface area contributed by atoms with Crippen LogP contribution in [-0.2, 0) is 11.3 Å². The molecule has 2 amide bonds. The maximum atomic E-state index is 13.1. The molecule has 0 spiro atoms. The predicted molar refractivity (Wildman–Crippen MR) is 83.4 cm³/mol. The van der Waals surface area contributed by atoms with Crippen LogP contribution < -0.4 is 5.32 Å². The standard InChI is InChI=1S/C17H19FN2O3/c1-11-7-15(12(2)23-11)17(22)19-9-16(21)20(3)10-13-5-4-6-14(18)8-13/h4-8H,9-10H2,1-3H3,(H,19,22). The average molecular weight is 318 g/mol. The van der Waals surface area contributed by atoms with E-state index >= 15 is 0 Å². The fraction of sp³-hybridized carbons (Fsp3) is 0.294. The lowest BCUT2D eigenvalue weighted by Crippen LogP contribution is -2.37. The Morgan fingerprint density at radius 3 is 2.61 bits per heavy atom. The van der Waals surface area contributed by atoms with E-state index in [1.807, 2.05) is 0 Å². The molecule has 0 saturated heterocycles. The summed E-state index contributed by atoms with van der Waals surface area (Å²) < 4.78 is 18.4. The highest BCUT2D eigenvalue weighted by Crippen LogP contribution is 2.13. The predicted octanol–water partition coefficient (Wildman–Crippen LogP) is 2.42. The summed E-state index contributed by atoms with van der Waals surface area (Å²) in [7, 11) is 1.60. The summed E-state index contributed by atoms with van der Waals surface area (Å²) in [6.45, 7) is 3.59. The fourth-order valence-corrected chi connectivity index (χ4v) is 2.24. The van der Waals surface area contributed by atoms with Crippen LogP contribution in [-0.4, -0.2) is 30.3 Å². The Balaban J connectivity index is 1.89. The van der Waals surface area contributed by atoms with Crippen molar-refractivity contribution in [2.24, 2.45) is 0 Å². The van der Waals surface area contributed by atoms with Gasteiger partial charge in [0.25, 0.3) is 5.91 Å². The number of furan rings is 1. The minimum atomic E-state index is -0.355. The van der Waals surface area contributed by atoms with Gasteiger partial charge in [0.05, 0.1) is 12.1 Å². The van der Waals surface area contributed by atoms with Gasteiger partial charge in [-0.3, -0.25) is 9.59 Å². The van der Waals surface area contributed by atoms with Gasteiger partial charge in [-0.05, 0) is 37.6 Å². The van der Waals surface area contributed by atoms with Crippen LogP contribution >= 0.6 is 0 Å². The van der Waals surface area contributed by atoms with Gasteiger partial charge in [0.15, 0.2) is 0 Å². The topological polar surface area (TPSA) is 62.6 Å². The van der Waals surface area contributed by atoms with E-state index in [2.05, 4.69) is 5.32 Å². The first-order valence-corrected chi connectivity index (χ1v) is 7.20. The van der Waals surface area contributed by atoms with Gasteiger partial charge < -0.3 is 14.6 Å². The van der Waals surface area contributed by atoms with Crippen LogP contribution in [0.3, 0.4) is 0 Å². The number of benzene rings is 1. The van der Waals surface area contributed by atoms with E-state index in [0.717, 1.165) is 0 Å².